The van der Waals surface area contributed by atoms with E-state index in [4.69, 9.17) is 9.72 Å². The number of piperazine rings is 1. The van der Waals surface area contributed by atoms with Crippen LogP contribution < -0.4 is 15.0 Å². The Balaban J connectivity index is 1.36. The summed E-state index contributed by atoms with van der Waals surface area (Å²) in [6.45, 7) is 4.14. The molecule has 1 saturated heterocycles. The largest absolute Gasteiger partial charge is 0.497 e. The second-order valence-electron chi connectivity index (χ2n) is 7.45. The Kier molecular flexibility index (Phi) is 6.72. The predicted molar refractivity (Wildman–Crippen MR) is 127 cm³/mol. The molecular formula is C22H24BrN5O2S. The van der Waals surface area contributed by atoms with E-state index >= 15 is 0 Å². The van der Waals surface area contributed by atoms with Gasteiger partial charge < -0.3 is 19.9 Å². The van der Waals surface area contributed by atoms with E-state index in [1.54, 1.807) is 7.11 Å². The van der Waals surface area contributed by atoms with E-state index in [0.29, 0.717) is 13.0 Å². The van der Waals surface area contributed by atoms with Gasteiger partial charge in [-0.3, -0.25) is 0 Å². The third-order valence-electron chi connectivity index (χ3n) is 5.19. The summed E-state index contributed by atoms with van der Waals surface area (Å²) in [5.41, 5.74) is 1.89. The third-order valence-corrected chi connectivity index (χ3v) is 6.50. The number of benzene rings is 2. The van der Waals surface area contributed by atoms with Gasteiger partial charge in [0, 0.05) is 53.8 Å². The average molecular weight is 502 g/mol. The standard InChI is InChI=1S/C22H24BrN5O2S/c1-15-14-27(9-10-28(15)21(29)24-18-7-4-6-17(23)13-18)22-25-20(26-31-22)12-16-5-3-8-19(11-16)30-2/h3-8,11,13,15H,9-10,12,14H2,1-2H3,(H,24,29). The Labute approximate surface area is 194 Å². The molecule has 3 aromatic rings. The van der Waals surface area contributed by atoms with Crippen LogP contribution in [0.15, 0.2) is 53.0 Å². The number of carbonyl (C=O) groups excluding carboxylic acids is 1. The quantitative estimate of drug-likeness (QED) is 0.551. The van der Waals surface area contributed by atoms with Crippen LogP contribution in [-0.4, -0.2) is 53.1 Å². The van der Waals surface area contributed by atoms with Crippen molar-refractivity contribution in [2.75, 3.05) is 37.0 Å². The highest BCUT2D eigenvalue weighted by atomic mass is 79.9. The lowest BCUT2D eigenvalue weighted by Crippen LogP contribution is -2.55. The molecule has 0 bridgehead atoms. The average Bonchev–Trinajstić information content (AvgIpc) is 3.22. The van der Waals surface area contributed by atoms with E-state index in [-0.39, 0.29) is 12.1 Å². The number of aromatic nitrogens is 2. The fourth-order valence-electron chi connectivity index (χ4n) is 3.60. The van der Waals surface area contributed by atoms with Gasteiger partial charge in [-0.1, -0.05) is 34.1 Å². The molecular weight excluding hydrogens is 478 g/mol. The van der Waals surface area contributed by atoms with Crippen molar-refractivity contribution in [1.82, 2.24) is 14.3 Å². The number of hydrogen-bond acceptors (Lipinski definition) is 6. The van der Waals surface area contributed by atoms with Gasteiger partial charge in [-0.05, 0) is 42.8 Å². The number of nitrogens with zero attached hydrogens (tertiary/aromatic N) is 4. The first kappa shape index (κ1) is 21.6. The van der Waals surface area contributed by atoms with E-state index in [1.165, 1.54) is 11.5 Å². The van der Waals surface area contributed by atoms with Gasteiger partial charge in [0.05, 0.1) is 7.11 Å². The van der Waals surface area contributed by atoms with Gasteiger partial charge in [0.1, 0.15) is 11.6 Å². The number of amides is 2. The van der Waals surface area contributed by atoms with Crippen LogP contribution in [0.25, 0.3) is 0 Å². The smallest absolute Gasteiger partial charge is 0.322 e. The second-order valence-corrected chi connectivity index (χ2v) is 9.10. The van der Waals surface area contributed by atoms with E-state index in [2.05, 4.69) is 37.4 Å². The summed E-state index contributed by atoms with van der Waals surface area (Å²) in [5, 5.41) is 3.88. The van der Waals surface area contributed by atoms with Gasteiger partial charge >= 0.3 is 6.03 Å². The Morgan fingerprint density at radius 1 is 1.26 bits per heavy atom. The van der Waals surface area contributed by atoms with Crippen LogP contribution in [-0.2, 0) is 6.42 Å². The Bertz CT molecular complexity index is 1060. The SMILES string of the molecule is COc1cccc(Cc2nsc(N3CCN(C(=O)Nc4cccc(Br)c4)C(C)C3)n2)c1. The minimum atomic E-state index is -0.0822. The highest BCUT2D eigenvalue weighted by molar-refractivity contribution is 9.10. The molecule has 1 atom stereocenters. The number of ether oxygens (including phenoxy) is 1. The molecule has 2 aromatic carbocycles. The normalized spacial score (nSPS) is 16.3. The van der Waals surface area contributed by atoms with Gasteiger partial charge in [0.25, 0.3) is 0 Å². The number of anilines is 2. The zero-order chi connectivity index (χ0) is 21.8. The summed E-state index contributed by atoms with van der Waals surface area (Å²) in [7, 11) is 1.66. The summed E-state index contributed by atoms with van der Waals surface area (Å²) in [6, 6.07) is 15.5. The van der Waals surface area contributed by atoms with Crippen LogP contribution in [0.4, 0.5) is 15.6 Å². The van der Waals surface area contributed by atoms with Gasteiger partial charge in [0.2, 0.25) is 5.13 Å². The first-order chi connectivity index (χ1) is 15.0. The maximum atomic E-state index is 12.7. The van der Waals surface area contributed by atoms with Crippen LogP contribution >= 0.6 is 27.5 Å². The highest BCUT2D eigenvalue weighted by Gasteiger charge is 2.29. The zero-order valence-electron chi connectivity index (χ0n) is 17.4. The molecule has 1 N–H and O–H groups in total. The van der Waals surface area contributed by atoms with Crippen molar-refractivity contribution in [3.63, 3.8) is 0 Å². The Morgan fingerprint density at radius 2 is 2.10 bits per heavy atom. The van der Waals surface area contributed by atoms with Gasteiger partial charge in [-0.15, -0.1) is 0 Å². The Hall–Kier alpha value is -2.65. The van der Waals surface area contributed by atoms with Gasteiger partial charge in [-0.25, -0.2) is 9.78 Å². The fourth-order valence-corrected chi connectivity index (χ4v) is 4.72. The molecule has 1 aromatic heterocycles. The van der Waals surface area contributed by atoms with E-state index < -0.39 is 0 Å². The van der Waals surface area contributed by atoms with Crippen molar-refractivity contribution in [3.8, 4) is 5.75 Å². The van der Waals surface area contributed by atoms with Crippen LogP contribution in [0, 0.1) is 0 Å². The lowest BCUT2D eigenvalue weighted by atomic mass is 10.1. The van der Waals surface area contributed by atoms with Crippen molar-refractivity contribution in [2.45, 2.75) is 19.4 Å². The number of rotatable bonds is 5. The van der Waals surface area contributed by atoms with Crippen molar-refractivity contribution in [2.24, 2.45) is 0 Å². The van der Waals surface area contributed by atoms with Crippen molar-refractivity contribution >= 4 is 44.3 Å². The molecule has 1 aliphatic heterocycles. The van der Waals surface area contributed by atoms with Crippen LogP contribution in [0.3, 0.4) is 0 Å². The number of hydrogen-bond donors (Lipinski definition) is 1. The summed E-state index contributed by atoms with van der Waals surface area (Å²) >= 11 is 4.84. The van der Waals surface area contributed by atoms with Gasteiger partial charge in [-0.2, -0.15) is 4.37 Å². The minimum Gasteiger partial charge on any atom is -0.497 e. The molecule has 7 nitrogen and oxygen atoms in total. The molecule has 2 heterocycles. The van der Waals surface area contributed by atoms with E-state index in [0.717, 1.165) is 45.5 Å². The molecule has 1 unspecified atom stereocenters. The molecule has 2 amide bonds. The van der Waals surface area contributed by atoms with Crippen molar-refractivity contribution < 1.29 is 9.53 Å². The number of urea groups is 1. The second kappa shape index (κ2) is 9.65. The Morgan fingerprint density at radius 3 is 2.87 bits per heavy atom. The van der Waals surface area contributed by atoms with Crippen molar-refractivity contribution in [3.05, 3.63) is 64.4 Å². The molecule has 0 saturated carbocycles. The minimum absolute atomic E-state index is 0.0617. The first-order valence-corrected chi connectivity index (χ1v) is 11.6. The number of nitrogens with one attached hydrogen (secondary N) is 1. The van der Waals surface area contributed by atoms with Crippen molar-refractivity contribution in [1.29, 1.82) is 0 Å². The summed E-state index contributed by atoms with van der Waals surface area (Å²) in [4.78, 5) is 21.6. The predicted octanol–water partition coefficient (Wildman–Crippen LogP) is 4.64. The lowest BCUT2D eigenvalue weighted by molar-refractivity contribution is 0.185. The maximum Gasteiger partial charge on any atom is 0.322 e. The fraction of sp³-hybridized carbons (Fsp3) is 0.318. The topological polar surface area (TPSA) is 70.6 Å². The third kappa shape index (κ3) is 5.34. The van der Waals surface area contributed by atoms with Gasteiger partial charge in [0.15, 0.2) is 0 Å². The summed E-state index contributed by atoms with van der Waals surface area (Å²) in [6.07, 6.45) is 0.665. The summed E-state index contributed by atoms with van der Waals surface area (Å²) < 4.78 is 10.8. The highest BCUT2D eigenvalue weighted by Crippen LogP contribution is 2.24. The molecule has 9 heteroatoms. The lowest BCUT2D eigenvalue weighted by Gasteiger charge is -2.39. The molecule has 1 aliphatic rings. The number of methoxy groups -OCH3 is 1. The first-order valence-electron chi connectivity index (χ1n) is 10.1. The van der Waals surface area contributed by atoms with E-state index in [1.807, 2.05) is 53.4 Å². The summed E-state index contributed by atoms with van der Waals surface area (Å²) in [5.74, 6) is 1.63. The van der Waals surface area contributed by atoms with Crippen LogP contribution in [0.5, 0.6) is 5.75 Å². The molecule has 162 valence electrons. The maximum absolute atomic E-state index is 12.7. The van der Waals surface area contributed by atoms with Crippen LogP contribution in [0.1, 0.15) is 18.3 Å². The molecule has 31 heavy (non-hydrogen) atoms. The number of carbonyl (C=O) groups is 1. The van der Waals surface area contributed by atoms with Crippen LogP contribution in [0.2, 0.25) is 0 Å². The zero-order valence-corrected chi connectivity index (χ0v) is 19.8. The molecule has 1 fully saturated rings. The molecule has 0 radical (unpaired) electrons. The molecule has 0 aliphatic carbocycles. The monoisotopic (exact) mass is 501 g/mol. The van der Waals surface area contributed by atoms with E-state index in [9.17, 15) is 4.79 Å². The molecule has 0 spiro atoms. The number of halogens is 1. The molecule has 4 rings (SSSR count).